The summed E-state index contributed by atoms with van der Waals surface area (Å²) >= 11 is 0. The van der Waals surface area contributed by atoms with Crippen LogP contribution in [0.15, 0.2) is 0 Å². The number of esters is 1. The highest BCUT2D eigenvalue weighted by Gasteiger charge is 2.08. The third kappa shape index (κ3) is 6.60. The minimum Gasteiger partial charge on any atom is -0.466 e. The highest BCUT2D eigenvalue weighted by molar-refractivity contribution is 5.84. The van der Waals surface area contributed by atoms with Gasteiger partial charge in [0.1, 0.15) is 5.78 Å². The fraction of sp³-hybridized carbons (Fsp3) is 0.800. The lowest BCUT2D eigenvalue weighted by atomic mass is 10.2. The van der Waals surface area contributed by atoms with E-state index in [1.807, 2.05) is 18.9 Å². The molecule has 0 saturated carbocycles. The predicted molar refractivity (Wildman–Crippen MR) is 54.0 cm³/mol. The lowest BCUT2D eigenvalue weighted by Gasteiger charge is -2.11. The van der Waals surface area contributed by atoms with E-state index in [0.29, 0.717) is 13.2 Å². The molecule has 0 aliphatic carbocycles. The Bertz CT molecular complexity index is 192. The van der Waals surface area contributed by atoms with Gasteiger partial charge in [0.15, 0.2) is 0 Å². The minimum atomic E-state index is -0.292. The van der Waals surface area contributed by atoms with Crippen molar-refractivity contribution in [1.29, 1.82) is 0 Å². The van der Waals surface area contributed by atoms with E-state index in [9.17, 15) is 9.59 Å². The van der Waals surface area contributed by atoms with Crippen LogP contribution in [0.4, 0.5) is 0 Å². The van der Waals surface area contributed by atoms with Crippen molar-refractivity contribution in [1.82, 2.24) is 4.90 Å². The van der Waals surface area contributed by atoms with Crippen LogP contribution in [0.5, 0.6) is 0 Å². The summed E-state index contributed by atoms with van der Waals surface area (Å²) in [6.45, 7) is 5.37. The Kier molecular flexibility index (Phi) is 7.02. The number of ether oxygens (including phenoxy) is 1. The molecule has 0 bridgehead atoms. The molecule has 0 atom stereocenters. The van der Waals surface area contributed by atoms with Crippen molar-refractivity contribution in [2.45, 2.75) is 26.7 Å². The summed E-state index contributed by atoms with van der Waals surface area (Å²) in [5.74, 6) is -0.206. The molecule has 0 rings (SSSR count). The van der Waals surface area contributed by atoms with Crippen LogP contribution in [0.3, 0.4) is 0 Å². The number of likely N-dealkylation sites (N-methyl/N-ethyl adjacent to an activating group) is 1. The molecule has 0 aromatic rings. The molecule has 0 fully saturated rings. The Balaban J connectivity index is 3.58. The summed E-state index contributed by atoms with van der Waals surface area (Å²) in [6, 6.07) is 0. The lowest BCUT2D eigenvalue weighted by molar-refractivity contribution is -0.144. The van der Waals surface area contributed by atoms with Gasteiger partial charge < -0.3 is 4.74 Å². The normalized spacial score (nSPS) is 10.3. The molecule has 0 aromatic heterocycles. The van der Waals surface area contributed by atoms with E-state index >= 15 is 0 Å². The van der Waals surface area contributed by atoms with Gasteiger partial charge in [-0.2, -0.15) is 0 Å². The van der Waals surface area contributed by atoms with Crippen LogP contribution in [0.25, 0.3) is 0 Å². The van der Waals surface area contributed by atoms with Crippen molar-refractivity contribution in [2.75, 3.05) is 26.7 Å². The number of rotatable bonds is 7. The van der Waals surface area contributed by atoms with Gasteiger partial charge in [-0.25, -0.2) is 0 Å². The molecule has 0 aromatic carbocycles. The van der Waals surface area contributed by atoms with Crippen LogP contribution in [-0.2, 0) is 14.3 Å². The molecular weight excluding hydrogens is 182 g/mol. The molecule has 0 spiro atoms. The molecule has 82 valence electrons. The quantitative estimate of drug-likeness (QED) is 0.573. The Morgan fingerprint density at radius 1 is 1.21 bits per heavy atom. The van der Waals surface area contributed by atoms with Crippen LogP contribution < -0.4 is 0 Å². The third-order valence-corrected chi connectivity index (χ3v) is 1.90. The number of carbonyl (C=O) groups excluding carboxylic acids is 2. The Morgan fingerprint density at radius 3 is 2.36 bits per heavy atom. The standard InChI is InChI=1S/C10H19NO3/c1-4-11(3)8-9(12)6-7-10(13)14-5-2/h4-8H2,1-3H3. The van der Waals surface area contributed by atoms with E-state index in [1.165, 1.54) is 0 Å². The summed E-state index contributed by atoms with van der Waals surface area (Å²) in [5.41, 5.74) is 0. The second-order valence-electron chi connectivity index (χ2n) is 3.17. The average molecular weight is 201 g/mol. The topological polar surface area (TPSA) is 46.6 Å². The SMILES string of the molecule is CCOC(=O)CCC(=O)CN(C)CC. The Labute approximate surface area is 85.2 Å². The first-order valence-electron chi connectivity index (χ1n) is 4.96. The van der Waals surface area contributed by atoms with Crippen molar-refractivity contribution >= 4 is 11.8 Å². The van der Waals surface area contributed by atoms with Crippen molar-refractivity contribution in [2.24, 2.45) is 0 Å². The molecule has 0 aliphatic heterocycles. The molecule has 0 N–H and O–H groups in total. The van der Waals surface area contributed by atoms with Crippen molar-refractivity contribution in [3.63, 3.8) is 0 Å². The summed E-state index contributed by atoms with van der Waals surface area (Å²) in [4.78, 5) is 24.1. The summed E-state index contributed by atoms with van der Waals surface area (Å²) in [5, 5.41) is 0. The lowest BCUT2D eigenvalue weighted by Crippen LogP contribution is -2.25. The van der Waals surface area contributed by atoms with Gasteiger partial charge in [0.05, 0.1) is 19.6 Å². The highest BCUT2D eigenvalue weighted by Crippen LogP contribution is 1.96. The molecule has 0 aliphatic rings. The van der Waals surface area contributed by atoms with Gasteiger partial charge in [0.2, 0.25) is 0 Å². The molecular formula is C10H19NO3. The van der Waals surface area contributed by atoms with E-state index < -0.39 is 0 Å². The van der Waals surface area contributed by atoms with Crippen LogP contribution in [-0.4, -0.2) is 43.4 Å². The molecule has 14 heavy (non-hydrogen) atoms. The zero-order valence-electron chi connectivity index (χ0n) is 9.21. The van der Waals surface area contributed by atoms with Gasteiger partial charge in [0.25, 0.3) is 0 Å². The van der Waals surface area contributed by atoms with Crippen LogP contribution >= 0.6 is 0 Å². The zero-order chi connectivity index (χ0) is 11.0. The summed E-state index contributed by atoms with van der Waals surface area (Å²) < 4.78 is 4.72. The van der Waals surface area contributed by atoms with E-state index in [2.05, 4.69) is 0 Å². The third-order valence-electron chi connectivity index (χ3n) is 1.90. The number of Topliss-reactive ketones (excluding diaryl/α,β-unsaturated/α-hetero) is 1. The molecule has 4 heteroatoms. The van der Waals surface area contributed by atoms with Gasteiger partial charge in [-0.15, -0.1) is 0 Å². The number of nitrogens with zero attached hydrogens (tertiary/aromatic N) is 1. The molecule has 4 nitrogen and oxygen atoms in total. The maximum Gasteiger partial charge on any atom is 0.306 e. The molecule has 0 saturated heterocycles. The molecule has 0 heterocycles. The van der Waals surface area contributed by atoms with Crippen LogP contribution in [0, 0.1) is 0 Å². The second kappa shape index (κ2) is 7.50. The van der Waals surface area contributed by atoms with Crippen molar-refractivity contribution < 1.29 is 14.3 Å². The van der Waals surface area contributed by atoms with E-state index in [0.717, 1.165) is 6.54 Å². The minimum absolute atomic E-state index is 0.0856. The van der Waals surface area contributed by atoms with E-state index in [4.69, 9.17) is 4.74 Å². The van der Waals surface area contributed by atoms with Gasteiger partial charge in [-0.3, -0.25) is 14.5 Å². The molecule has 0 amide bonds. The maximum atomic E-state index is 11.3. The molecule has 0 unspecified atom stereocenters. The number of ketones is 1. The van der Waals surface area contributed by atoms with Crippen LogP contribution in [0.2, 0.25) is 0 Å². The van der Waals surface area contributed by atoms with Crippen molar-refractivity contribution in [3.8, 4) is 0 Å². The number of hydrogen-bond acceptors (Lipinski definition) is 4. The van der Waals surface area contributed by atoms with Gasteiger partial charge >= 0.3 is 5.97 Å². The maximum absolute atomic E-state index is 11.3. The van der Waals surface area contributed by atoms with E-state index in [-0.39, 0.29) is 24.6 Å². The van der Waals surface area contributed by atoms with Gasteiger partial charge in [-0.1, -0.05) is 6.92 Å². The Hall–Kier alpha value is -0.900. The fourth-order valence-electron chi connectivity index (χ4n) is 0.967. The zero-order valence-corrected chi connectivity index (χ0v) is 9.21. The monoisotopic (exact) mass is 201 g/mol. The first-order chi connectivity index (χ1) is 6.60. The highest BCUT2D eigenvalue weighted by atomic mass is 16.5. The van der Waals surface area contributed by atoms with E-state index in [1.54, 1.807) is 6.92 Å². The first kappa shape index (κ1) is 13.1. The average Bonchev–Trinajstić information content (AvgIpc) is 2.15. The second-order valence-corrected chi connectivity index (χ2v) is 3.17. The smallest absolute Gasteiger partial charge is 0.306 e. The van der Waals surface area contributed by atoms with Crippen LogP contribution in [0.1, 0.15) is 26.7 Å². The predicted octanol–water partition coefficient (Wildman–Crippen LogP) is 0.851. The van der Waals surface area contributed by atoms with Crippen molar-refractivity contribution in [3.05, 3.63) is 0 Å². The summed E-state index contributed by atoms with van der Waals surface area (Å²) in [7, 11) is 1.88. The number of carbonyl (C=O) groups is 2. The van der Waals surface area contributed by atoms with Gasteiger partial charge in [-0.05, 0) is 20.5 Å². The molecule has 0 radical (unpaired) electrons. The number of hydrogen-bond donors (Lipinski definition) is 0. The first-order valence-corrected chi connectivity index (χ1v) is 4.96. The summed E-state index contributed by atoms with van der Waals surface area (Å²) in [6.07, 6.45) is 0.480. The largest absolute Gasteiger partial charge is 0.466 e. The fourth-order valence-corrected chi connectivity index (χ4v) is 0.967. The van der Waals surface area contributed by atoms with Gasteiger partial charge in [0, 0.05) is 6.42 Å². The Morgan fingerprint density at radius 2 is 1.86 bits per heavy atom.